The molecular weight excluding hydrogens is 336 g/mol. The van der Waals surface area contributed by atoms with Crippen LogP contribution in [0.4, 0.5) is 11.4 Å². The van der Waals surface area contributed by atoms with Gasteiger partial charge in [0.2, 0.25) is 11.8 Å². The van der Waals surface area contributed by atoms with Gasteiger partial charge in [-0.15, -0.1) is 0 Å². The molecular formula is C23H28N2O2. The van der Waals surface area contributed by atoms with Gasteiger partial charge in [0.25, 0.3) is 0 Å². The van der Waals surface area contributed by atoms with Crippen LogP contribution in [0.1, 0.15) is 42.5 Å². The molecule has 1 heterocycles. The molecule has 4 heteroatoms. The van der Waals surface area contributed by atoms with Crippen LogP contribution >= 0.6 is 0 Å². The summed E-state index contributed by atoms with van der Waals surface area (Å²) in [5, 5.41) is 3.12. The van der Waals surface area contributed by atoms with Gasteiger partial charge in [-0.05, 0) is 49.4 Å². The monoisotopic (exact) mass is 364 g/mol. The summed E-state index contributed by atoms with van der Waals surface area (Å²) in [6, 6.07) is 12.2. The topological polar surface area (TPSA) is 49.4 Å². The van der Waals surface area contributed by atoms with Crippen molar-refractivity contribution in [1.82, 2.24) is 0 Å². The van der Waals surface area contributed by atoms with Gasteiger partial charge < -0.3 is 10.2 Å². The number of rotatable bonds is 5. The first-order valence-corrected chi connectivity index (χ1v) is 9.73. The van der Waals surface area contributed by atoms with Crippen molar-refractivity contribution >= 4 is 23.2 Å². The Labute approximate surface area is 161 Å². The first-order chi connectivity index (χ1) is 12.9. The fourth-order valence-electron chi connectivity index (χ4n) is 3.85. The van der Waals surface area contributed by atoms with Gasteiger partial charge in [0.15, 0.2) is 0 Å². The van der Waals surface area contributed by atoms with Crippen LogP contribution in [0.15, 0.2) is 36.4 Å². The first kappa shape index (κ1) is 19.2. The number of benzene rings is 2. The average molecular weight is 364 g/mol. The van der Waals surface area contributed by atoms with Crippen LogP contribution < -0.4 is 10.2 Å². The molecule has 142 valence electrons. The van der Waals surface area contributed by atoms with Crippen molar-refractivity contribution in [2.75, 3.05) is 16.8 Å². The lowest BCUT2D eigenvalue weighted by molar-refractivity contribution is -0.122. The van der Waals surface area contributed by atoms with Crippen molar-refractivity contribution in [3.63, 3.8) is 0 Å². The molecule has 1 N–H and O–H groups in total. The van der Waals surface area contributed by atoms with E-state index in [2.05, 4.69) is 37.4 Å². The van der Waals surface area contributed by atoms with Crippen molar-refractivity contribution in [1.29, 1.82) is 0 Å². The highest BCUT2D eigenvalue weighted by Gasteiger charge is 2.36. The Morgan fingerprint density at radius 1 is 1.11 bits per heavy atom. The van der Waals surface area contributed by atoms with E-state index in [1.807, 2.05) is 32.0 Å². The Morgan fingerprint density at radius 2 is 1.78 bits per heavy atom. The number of para-hydroxylation sites is 1. The van der Waals surface area contributed by atoms with Crippen molar-refractivity contribution in [3.8, 4) is 0 Å². The fourth-order valence-corrected chi connectivity index (χ4v) is 3.85. The summed E-state index contributed by atoms with van der Waals surface area (Å²) in [4.78, 5) is 27.2. The van der Waals surface area contributed by atoms with Crippen molar-refractivity contribution in [2.24, 2.45) is 5.92 Å². The second-order valence-electron chi connectivity index (χ2n) is 7.34. The minimum Gasteiger partial charge on any atom is -0.325 e. The summed E-state index contributed by atoms with van der Waals surface area (Å²) in [6.45, 7) is 8.66. The molecule has 2 aromatic rings. The van der Waals surface area contributed by atoms with E-state index < -0.39 is 0 Å². The molecule has 1 aliphatic rings. The molecule has 3 rings (SSSR count). The van der Waals surface area contributed by atoms with E-state index in [1.165, 1.54) is 5.56 Å². The number of carbonyl (C=O) groups is 2. The number of hydrogen-bond donors (Lipinski definition) is 1. The maximum Gasteiger partial charge on any atom is 0.229 e. The Morgan fingerprint density at radius 3 is 2.37 bits per heavy atom. The Kier molecular flexibility index (Phi) is 5.64. The summed E-state index contributed by atoms with van der Waals surface area (Å²) in [6.07, 6.45) is 1.98. The minimum absolute atomic E-state index is 0.0154. The lowest BCUT2D eigenvalue weighted by atomic mass is 10.0. The SMILES string of the molecule is CCc1cccc(CC)c1NC(=O)[C@H]1CC(=O)N(c2ccc(C)cc2C)C1. The molecule has 2 amide bonds. The lowest BCUT2D eigenvalue weighted by Crippen LogP contribution is -2.29. The Hall–Kier alpha value is -2.62. The zero-order chi connectivity index (χ0) is 19.6. The van der Waals surface area contributed by atoms with Crippen LogP contribution in [0.5, 0.6) is 0 Å². The lowest BCUT2D eigenvalue weighted by Gasteiger charge is -2.20. The molecule has 0 aliphatic carbocycles. The molecule has 0 aromatic heterocycles. The van der Waals surface area contributed by atoms with Gasteiger partial charge in [-0.3, -0.25) is 9.59 Å². The van der Waals surface area contributed by atoms with Crippen LogP contribution in [0, 0.1) is 19.8 Å². The van der Waals surface area contributed by atoms with E-state index in [0.29, 0.717) is 6.54 Å². The molecule has 0 spiro atoms. The van der Waals surface area contributed by atoms with E-state index in [4.69, 9.17) is 0 Å². The highest BCUT2D eigenvalue weighted by molar-refractivity contribution is 6.04. The molecule has 0 saturated carbocycles. The molecule has 0 radical (unpaired) electrons. The third-order valence-electron chi connectivity index (χ3n) is 5.39. The largest absolute Gasteiger partial charge is 0.325 e. The third kappa shape index (κ3) is 3.90. The molecule has 2 aromatic carbocycles. The van der Waals surface area contributed by atoms with Gasteiger partial charge in [-0.1, -0.05) is 49.7 Å². The zero-order valence-electron chi connectivity index (χ0n) is 16.6. The first-order valence-electron chi connectivity index (χ1n) is 9.73. The number of nitrogens with one attached hydrogen (secondary N) is 1. The zero-order valence-corrected chi connectivity index (χ0v) is 16.6. The second-order valence-corrected chi connectivity index (χ2v) is 7.34. The highest BCUT2D eigenvalue weighted by Crippen LogP contribution is 2.30. The smallest absolute Gasteiger partial charge is 0.229 e. The fraction of sp³-hybridized carbons (Fsp3) is 0.391. The minimum atomic E-state index is -0.326. The van der Waals surface area contributed by atoms with E-state index >= 15 is 0 Å². The summed E-state index contributed by atoms with van der Waals surface area (Å²) in [5.74, 6) is -0.374. The van der Waals surface area contributed by atoms with Gasteiger partial charge in [0, 0.05) is 24.3 Å². The van der Waals surface area contributed by atoms with Crippen LogP contribution in [0.2, 0.25) is 0 Å². The van der Waals surface area contributed by atoms with Crippen molar-refractivity contribution < 1.29 is 9.59 Å². The van der Waals surface area contributed by atoms with Crippen LogP contribution in [-0.2, 0) is 22.4 Å². The predicted molar refractivity (Wildman–Crippen MR) is 110 cm³/mol. The van der Waals surface area contributed by atoms with Gasteiger partial charge in [0.05, 0.1) is 5.92 Å². The molecule has 27 heavy (non-hydrogen) atoms. The molecule has 0 bridgehead atoms. The van der Waals surface area contributed by atoms with Crippen LogP contribution in [0.25, 0.3) is 0 Å². The predicted octanol–water partition coefficient (Wildman–Crippen LogP) is 4.42. The summed E-state index contributed by atoms with van der Waals surface area (Å²) in [5.41, 5.74) is 6.33. The summed E-state index contributed by atoms with van der Waals surface area (Å²) >= 11 is 0. The van der Waals surface area contributed by atoms with Crippen molar-refractivity contribution in [3.05, 3.63) is 58.7 Å². The van der Waals surface area contributed by atoms with Crippen LogP contribution in [0.3, 0.4) is 0 Å². The summed E-state index contributed by atoms with van der Waals surface area (Å²) < 4.78 is 0. The van der Waals surface area contributed by atoms with Crippen molar-refractivity contribution in [2.45, 2.75) is 47.0 Å². The number of hydrogen-bond acceptors (Lipinski definition) is 2. The van der Waals surface area contributed by atoms with Gasteiger partial charge in [-0.25, -0.2) is 0 Å². The van der Waals surface area contributed by atoms with Gasteiger partial charge in [-0.2, -0.15) is 0 Å². The van der Waals surface area contributed by atoms with Crippen LogP contribution in [-0.4, -0.2) is 18.4 Å². The standard InChI is InChI=1S/C23H28N2O2/c1-5-17-8-7-9-18(6-2)22(17)24-23(27)19-13-21(26)25(14-19)20-11-10-15(3)12-16(20)4/h7-12,19H,5-6,13-14H2,1-4H3,(H,24,27)/t19-/m0/s1. The maximum atomic E-state index is 12.9. The summed E-state index contributed by atoms with van der Waals surface area (Å²) in [7, 11) is 0. The number of carbonyl (C=O) groups excluding carboxylic acids is 2. The molecule has 1 fully saturated rings. The number of amides is 2. The Bertz CT molecular complexity index is 850. The molecule has 4 nitrogen and oxygen atoms in total. The van der Waals surface area contributed by atoms with E-state index in [9.17, 15) is 9.59 Å². The maximum absolute atomic E-state index is 12.9. The normalized spacial score (nSPS) is 16.7. The molecule has 1 aliphatic heterocycles. The third-order valence-corrected chi connectivity index (χ3v) is 5.39. The Balaban J connectivity index is 1.79. The van der Waals surface area contributed by atoms with Gasteiger partial charge >= 0.3 is 0 Å². The van der Waals surface area contributed by atoms with E-state index in [0.717, 1.165) is 40.9 Å². The van der Waals surface area contributed by atoms with E-state index in [1.54, 1.807) is 4.90 Å². The van der Waals surface area contributed by atoms with Gasteiger partial charge in [0.1, 0.15) is 0 Å². The second kappa shape index (κ2) is 7.95. The molecule has 1 atom stereocenters. The number of aryl methyl sites for hydroxylation is 4. The quantitative estimate of drug-likeness (QED) is 0.854. The van der Waals surface area contributed by atoms with E-state index in [-0.39, 0.29) is 24.2 Å². The number of nitrogens with zero attached hydrogens (tertiary/aromatic N) is 1. The number of anilines is 2. The molecule has 1 saturated heterocycles. The highest BCUT2D eigenvalue weighted by atomic mass is 16.2. The average Bonchev–Trinajstić information content (AvgIpc) is 3.03. The molecule has 0 unspecified atom stereocenters.